The van der Waals surface area contributed by atoms with Gasteiger partial charge in [0.15, 0.2) is 17.4 Å². The van der Waals surface area contributed by atoms with Crippen LogP contribution in [0.4, 0.5) is 0 Å². The molecular weight excluding hydrogens is 374 g/mol. The molecule has 2 fully saturated rings. The Morgan fingerprint density at radius 1 is 1.31 bits per heavy atom. The number of Topliss-reactive ketones (excluding diaryl/α,β-unsaturated/α-hetero) is 1. The van der Waals surface area contributed by atoms with Gasteiger partial charge in [-0.3, -0.25) is 14.4 Å². The number of carbonyl (C=O) groups is 3. The van der Waals surface area contributed by atoms with Crippen LogP contribution in [0.15, 0.2) is 46.8 Å². The van der Waals surface area contributed by atoms with Gasteiger partial charge in [0, 0.05) is 11.8 Å². The van der Waals surface area contributed by atoms with Gasteiger partial charge in [0.05, 0.1) is 12.6 Å². The fraction of sp³-hybridized carbons (Fsp3) is 0.500. The third kappa shape index (κ3) is 3.97. The molecule has 5 atom stereocenters. The molecule has 156 valence electrons. The molecule has 2 saturated heterocycles. The van der Waals surface area contributed by atoms with Crippen LogP contribution in [-0.2, 0) is 23.9 Å². The van der Waals surface area contributed by atoms with Crippen molar-refractivity contribution < 1.29 is 29.0 Å². The number of ketones is 2. The average molecular weight is 401 g/mol. The molecule has 7 heteroatoms. The molecule has 3 heterocycles. The number of rotatable bonds is 4. The van der Waals surface area contributed by atoms with Crippen molar-refractivity contribution in [2.75, 3.05) is 6.54 Å². The first-order valence-electron chi connectivity index (χ1n) is 9.73. The first-order chi connectivity index (χ1) is 13.5. The molecule has 1 amide bonds. The molecule has 0 aromatic carbocycles. The van der Waals surface area contributed by atoms with E-state index in [0.29, 0.717) is 0 Å². The van der Waals surface area contributed by atoms with Crippen LogP contribution in [0.5, 0.6) is 0 Å². The van der Waals surface area contributed by atoms with Crippen molar-refractivity contribution in [3.63, 3.8) is 0 Å². The number of hydrogen-bond donors (Lipinski definition) is 2. The summed E-state index contributed by atoms with van der Waals surface area (Å²) in [6, 6.07) is 0. The molecule has 3 aliphatic heterocycles. The maximum absolute atomic E-state index is 12.3. The number of fused-ring (bicyclic) bond motifs is 2. The molecule has 5 unspecified atom stereocenters. The molecule has 0 spiro atoms. The zero-order chi connectivity index (χ0) is 21.5. The Labute approximate surface area is 170 Å². The highest BCUT2D eigenvalue weighted by Crippen LogP contribution is 2.42. The van der Waals surface area contributed by atoms with Crippen molar-refractivity contribution in [1.82, 2.24) is 5.32 Å². The quantitative estimate of drug-likeness (QED) is 0.324. The van der Waals surface area contributed by atoms with Gasteiger partial charge in [-0.05, 0) is 38.5 Å². The van der Waals surface area contributed by atoms with E-state index < -0.39 is 23.6 Å². The number of aliphatic hydroxyl groups excluding tert-OH is 1. The SMILES string of the molecule is CC(C=CC(O)=C1C(=O)CNC1=O)=CC(C)C1OC2(C)OC(C(=O)C=C2C)C1C. The molecule has 2 N–H and O–H groups in total. The minimum absolute atomic E-state index is 0.0368. The third-order valence-corrected chi connectivity index (χ3v) is 5.78. The summed E-state index contributed by atoms with van der Waals surface area (Å²) in [5, 5.41) is 12.4. The van der Waals surface area contributed by atoms with Gasteiger partial charge in [0.1, 0.15) is 17.4 Å². The van der Waals surface area contributed by atoms with E-state index in [1.165, 1.54) is 6.08 Å². The fourth-order valence-corrected chi connectivity index (χ4v) is 4.01. The van der Waals surface area contributed by atoms with Crippen LogP contribution in [0.1, 0.15) is 34.6 Å². The van der Waals surface area contributed by atoms with Crippen molar-refractivity contribution in [2.45, 2.75) is 52.6 Å². The number of carbonyl (C=O) groups excluding carboxylic acids is 3. The van der Waals surface area contributed by atoms with Crippen LogP contribution in [0.3, 0.4) is 0 Å². The Morgan fingerprint density at radius 3 is 2.62 bits per heavy atom. The third-order valence-electron chi connectivity index (χ3n) is 5.78. The Balaban J connectivity index is 1.77. The predicted molar refractivity (Wildman–Crippen MR) is 106 cm³/mol. The van der Waals surface area contributed by atoms with Crippen LogP contribution in [0, 0.1) is 11.8 Å². The van der Waals surface area contributed by atoms with Gasteiger partial charge in [-0.1, -0.05) is 31.6 Å². The van der Waals surface area contributed by atoms with E-state index in [0.717, 1.165) is 11.1 Å². The van der Waals surface area contributed by atoms with Crippen molar-refractivity contribution in [1.29, 1.82) is 0 Å². The minimum Gasteiger partial charge on any atom is -0.507 e. The number of aliphatic hydroxyl groups is 1. The molecule has 7 nitrogen and oxygen atoms in total. The van der Waals surface area contributed by atoms with E-state index in [9.17, 15) is 19.5 Å². The maximum atomic E-state index is 12.3. The lowest BCUT2D eigenvalue weighted by molar-refractivity contribution is -0.309. The lowest BCUT2D eigenvalue weighted by Gasteiger charge is -2.49. The summed E-state index contributed by atoms with van der Waals surface area (Å²) in [6.45, 7) is 9.35. The summed E-state index contributed by atoms with van der Waals surface area (Å²) in [5.41, 5.74) is 1.36. The van der Waals surface area contributed by atoms with Gasteiger partial charge >= 0.3 is 0 Å². The molecule has 0 aromatic rings. The molecule has 29 heavy (non-hydrogen) atoms. The van der Waals surface area contributed by atoms with E-state index in [2.05, 4.69) is 5.32 Å². The van der Waals surface area contributed by atoms with Crippen molar-refractivity contribution in [3.05, 3.63) is 46.8 Å². The normalized spacial score (nSPS) is 35.6. The molecule has 3 rings (SSSR count). The Kier molecular flexibility index (Phi) is 5.65. The summed E-state index contributed by atoms with van der Waals surface area (Å²) in [6.07, 6.45) is 5.79. The van der Waals surface area contributed by atoms with Gasteiger partial charge in [0.2, 0.25) is 0 Å². The zero-order valence-corrected chi connectivity index (χ0v) is 17.3. The zero-order valence-electron chi connectivity index (χ0n) is 17.3. The highest BCUT2D eigenvalue weighted by atomic mass is 16.7. The van der Waals surface area contributed by atoms with Crippen LogP contribution >= 0.6 is 0 Å². The van der Waals surface area contributed by atoms with E-state index >= 15 is 0 Å². The molecule has 3 aliphatic rings. The second-order valence-electron chi connectivity index (χ2n) is 8.12. The van der Waals surface area contributed by atoms with E-state index in [4.69, 9.17) is 9.47 Å². The lowest BCUT2D eigenvalue weighted by Crippen LogP contribution is -2.58. The fourth-order valence-electron chi connectivity index (χ4n) is 4.01. The standard InChI is InChI=1S/C22H27NO6/c1-11(6-7-15(24)18-17(26)10-23-21(18)27)8-12(2)19-14(4)20-16(25)9-13(3)22(5,28-19)29-20/h6-9,12,14,19-20,24H,10H2,1-5H3,(H,23,27). The second-order valence-corrected chi connectivity index (χ2v) is 8.12. The summed E-state index contributed by atoms with van der Waals surface area (Å²) >= 11 is 0. The highest BCUT2D eigenvalue weighted by molar-refractivity contribution is 6.25. The molecule has 0 saturated carbocycles. The maximum Gasteiger partial charge on any atom is 0.259 e. The number of allylic oxidation sites excluding steroid dienone is 3. The molecular formula is C22H27NO6. The van der Waals surface area contributed by atoms with Gasteiger partial charge in [-0.15, -0.1) is 0 Å². The van der Waals surface area contributed by atoms with Crippen molar-refractivity contribution in [2.24, 2.45) is 11.8 Å². The van der Waals surface area contributed by atoms with Gasteiger partial charge in [0.25, 0.3) is 5.91 Å². The van der Waals surface area contributed by atoms with E-state index in [1.54, 1.807) is 12.2 Å². The monoisotopic (exact) mass is 401 g/mol. The van der Waals surface area contributed by atoms with Gasteiger partial charge < -0.3 is 19.9 Å². The number of amides is 1. The minimum atomic E-state index is -0.916. The van der Waals surface area contributed by atoms with Crippen molar-refractivity contribution >= 4 is 17.5 Å². The summed E-state index contributed by atoms with van der Waals surface area (Å²) in [7, 11) is 0. The smallest absolute Gasteiger partial charge is 0.259 e. The lowest BCUT2D eigenvalue weighted by atomic mass is 9.82. The first-order valence-corrected chi connectivity index (χ1v) is 9.73. The Bertz CT molecular complexity index is 862. The van der Waals surface area contributed by atoms with Crippen LogP contribution in [-0.4, -0.2) is 47.1 Å². The molecule has 2 bridgehead atoms. The summed E-state index contributed by atoms with van der Waals surface area (Å²) in [4.78, 5) is 35.6. The largest absolute Gasteiger partial charge is 0.507 e. The van der Waals surface area contributed by atoms with Crippen LogP contribution in [0.25, 0.3) is 0 Å². The first kappa shape index (κ1) is 21.2. The predicted octanol–water partition coefficient (Wildman–Crippen LogP) is 2.30. The number of nitrogens with one attached hydrogen (secondary N) is 1. The molecule has 0 radical (unpaired) electrons. The van der Waals surface area contributed by atoms with E-state index in [1.807, 2.05) is 40.7 Å². The molecule has 0 aliphatic carbocycles. The van der Waals surface area contributed by atoms with Crippen molar-refractivity contribution in [3.8, 4) is 0 Å². The van der Waals surface area contributed by atoms with Crippen LogP contribution < -0.4 is 5.32 Å². The van der Waals surface area contributed by atoms with Crippen LogP contribution in [0.2, 0.25) is 0 Å². The number of ether oxygens (including phenoxy) is 2. The highest BCUT2D eigenvalue weighted by Gasteiger charge is 2.50. The summed E-state index contributed by atoms with van der Waals surface area (Å²) < 4.78 is 12.2. The topological polar surface area (TPSA) is 102 Å². The summed E-state index contributed by atoms with van der Waals surface area (Å²) in [5.74, 6) is -2.46. The Hall–Kier alpha value is -2.51. The molecule has 0 aromatic heterocycles. The average Bonchev–Trinajstić information content (AvgIpc) is 2.98. The Morgan fingerprint density at radius 2 is 2.00 bits per heavy atom. The second kappa shape index (κ2) is 7.72. The number of hydrogen-bond acceptors (Lipinski definition) is 6. The van der Waals surface area contributed by atoms with E-state index in [-0.39, 0.29) is 41.6 Å². The van der Waals surface area contributed by atoms with Gasteiger partial charge in [-0.2, -0.15) is 0 Å². The van der Waals surface area contributed by atoms with Gasteiger partial charge in [-0.25, -0.2) is 0 Å².